The van der Waals surface area contributed by atoms with Crippen molar-refractivity contribution in [1.29, 1.82) is 0 Å². The molecule has 116 valence electrons. The van der Waals surface area contributed by atoms with Gasteiger partial charge in [-0.15, -0.1) is 0 Å². The molecule has 1 saturated carbocycles. The Morgan fingerprint density at radius 1 is 1.33 bits per heavy atom. The lowest BCUT2D eigenvalue weighted by Crippen LogP contribution is -2.43. The number of carbonyl (C=O) groups excluding carboxylic acids is 1. The maximum atomic E-state index is 11.8. The Morgan fingerprint density at radius 3 is 2.48 bits per heavy atom. The van der Waals surface area contributed by atoms with Gasteiger partial charge in [-0.05, 0) is 57.7 Å². The Morgan fingerprint density at radius 2 is 2.00 bits per heavy atom. The molecule has 0 unspecified atom stereocenters. The minimum absolute atomic E-state index is 0.252. The molecule has 1 amide bonds. The van der Waals surface area contributed by atoms with Crippen LogP contribution in [0.1, 0.15) is 45.6 Å². The molecule has 0 aromatic heterocycles. The van der Waals surface area contributed by atoms with E-state index < -0.39 is 11.7 Å². The van der Waals surface area contributed by atoms with Crippen LogP contribution in [0.25, 0.3) is 0 Å². The normalized spacial score (nSPS) is 16.8. The third-order valence-electron chi connectivity index (χ3n) is 3.66. The zero-order valence-electron chi connectivity index (χ0n) is 13.2. The summed E-state index contributed by atoms with van der Waals surface area (Å²) in [5, 5.41) is 2.71. The molecule has 1 aromatic carbocycles. The molecule has 0 atom stereocenters. The fourth-order valence-electron chi connectivity index (χ4n) is 2.36. The lowest BCUT2D eigenvalue weighted by atomic mass is 9.73. The average Bonchev–Trinajstić information content (AvgIpc) is 2.34. The second-order valence-electron chi connectivity index (χ2n) is 6.55. The van der Waals surface area contributed by atoms with Crippen molar-refractivity contribution in [1.82, 2.24) is 0 Å². The third-order valence-corrected chi connectivity index (χ3v) is 3.66. The number of rotatable bonds is 3. The average molecular weight is 292 g/mol. The Hall–Kier alpha value is -1.75. The molecule has 0 saturated heterocycles. The summed E-state index contributed by atoms with van der Waals surface area (Å²) in [6.07, 6.45) is 2.61. The number of benzene rings is 1. The number of hydrogen-bond donors (Lipinski definition) is 2. The molecular formula is C16H24N2O3. The van der Waals surface area contributed by atoms with E-state index in [-0.39, 0.29) is 5.54 Å². The highest BCUT2D eigenvalue weighted by atomic mass is 16.6. The van der Waals surface area contributed by atoms with Gasteiger partial charge in [0.1, 0.15) is 11.4 Å². The number of hydrogen-bond acceptors (Lipinski definition) is 4. The van der Waals surface area contributed by atoms with Crippen LogP contribution in [0.15, 0.2) is 18.2 Å². The maximum Gasteiger partial charge on any atom is 0.412 e. The van der Waals surface area contributed by atoms with Gasteiger partial charge < -0.3 is 15.2 Å². The second kappa shape index (κ2) is 5.56. The first kappa shape index (κ1) is 15.6. The number of anilines is 1. The van der Waals surface area contributed by atoms with Crippen molar-refractivity contribution in [2.75, 3.05) is 12.4 Å². The summed E-state index contributed by atoms with van der Waals surface area (Å²) in [6, 6.07) is 5.64. The molecule has 0 heterocycles. The number of amides is 1. The highest BCUT2D eigenvalue weighted by molar-refractivity contribution is 5.87. The SMILES string of the molecule is COc1cc(C2(N)CCC2)ccc1NC(=O)OC(C)(C)C. The Bertz CT molecular complexity index is 531. The van der Waals surface area contributed by atoms with E-state index in [1.165, 1.54) is 0 Å². The molecule has 1 aliphatic carbocycles. The van der Waals surface area contributed by atoms with Crippen molar-refractivity contribution in [2.24, 2.45) is 5.73 Å². The summed E-state index contributed by atoms with van der Waals surface area (Å²) in [6.45, 7) is 5.46. The maximum absolute atomic E-state index is 11.8. The highest BCUT2D eigenvalue weighted by Gasteiger charge is 2.34. The zero-order valence-corrected chi connectivity index (χ0v) is 13.2. The van der Waals surface area contributed by atoms with Crippen LogP contribution in [-0.2, 0) is 10.3 Å². The third kappa shape index (κ3) is 3.67. The molecule has 5 nitrogen and oxygen atoms in total. The van der Waals surface area contributed by atoms with Gasteiger partial charge in [0.05, 0.1) is 12.8 Å². The van der Waals surface area contributed by atoms with Crippen LogP contribution in [0.2, 0.25) is 0 Å². The fourth-order valence-corrected chi connectivity index (χ4v) is 2.36. The predicted molar refractivity (Wildman–Crippen MR) is 82.6 cm³/mol. The number of nitrogens with one attached hydrogen (secondary N) is 1. The van der Waals surface area contributed by atoms with Crippen LogP contribution < -0.4 is 15.8 Å². The molecule has 0 bridgehead atoms. The van der Waals surface area contributed by atoms with E-state index >= 15 is 0 Å². The van der Waals surface area contributed by atoms with E-state index in [2.05, 4.69) is 5.32 Å². The van der Waals surface area contributed by atoms with Gasteiger partial charge in [0.25, 0.3) is 0 Å². The largest absolute Gasteiger partial charge is 0.495 e. The molecular weight excluding hydrogens is 268 g/mol. The van der Waals surface area contributed by atoms with Crippen LogP contribution >= 0.6 is 0 Å². The van der Waals surface area contributed by atoms with Gasteiger partial charge in [-0.2, -0.15) is 0 Å². The summed E-state index contributed by atoms with van der Waals surface area (Å²) in [7, 11) is 1.57. The topological polar surface area (TPSA) is 73.6 Å². The minimum Gasteiger partial charge on any atom is -0.495 e. The molecule has 1 fully saturated rings. The Kier molecular flexibility index (Phi) is 4.14. The summed E-state index contributed by atoms with van der Waals surface area (Å²) in [4.78, 5) is 11.8. The van der Waals surface area contributed by atoms with Crippen molar-refractivity contribution >= 4 is 11.8 Å². The minimum atomic E-state index is -0.537. The molecule has 0 radical (unpaired) electrons. The van der Waals surface area contributed by atoms with Crippen molar-refractivity contribution in [3.63, 3.8) is 0 Å². The van der Waals surface area contributed by atoms with Gasteiger partial charge >= 0.3 is 6.09 Å². The summed E-state index contributed by atoms with van der Waals surface area (Å²) in [5.41, 5.74) is 7.15. The first-order valence-corrected chi connectivity index (χ1v) is 7.21. The van der Waals surface area contributed by atoms with Gasteiger partial charge in [-0.3, -0.25) is 5.32 Å². The first-order chi connectivity index (χ1) is 9.73. The molecule has 0 aliphatic heterocycles. The molecule has 1 aromatic rings. The molecule has 1 aliphatic rings. The zero-order chi connectivity index (χ0) is 15.7. The smallest absolute Gasteiger partial charge is 0.412 e. The van der Waals surface area contributed by atoms with E-state index in [0.29, 0.717) is 11.4 Å². The second-order valence-corrected chi connectivity index (χ2v) is 6.55. The monoisotopic (exact) mass is 292 g/mol. The summed E-state index contributed by atoms with van der Waals surface area (Å²) < 4.78 is 10.6. The Balaban J connectivity index is 2.15. The Labute approximate surface area is 125 Å². The van der Waals surface area contributed by atoms with E-state index in [0.717, 1.165) is 24.8 Å². The van der Waals surface area contributed by atoms with E-state index in [1.54, 1.807) is 7.11 Å². The first-order valence-electron chi connectivity index (χ1n) is 7.21. The van der Waals surface area contributed by atoms with Gasteiger partial charge in [0, 0.05) is 5.54 Å². The lowest BCUT2D eigenvalue weighted by Gasteiger charge is -2.38. The van der Waals surface area contributed by atoms with Crippen molar-refractivity contribution in [2.45, 2.75) is 51.2 Å². The van der Waals surface area contributed by atoms with Gasteiger partial charge in [0.15, 0.2) is 0 Å². The lowest BCUT2D eigenvalue weighted by molar-refractivity contribution is 0.0635. The summed E-state index contributed by atoms with van der Waals surface area (Å²) >= 11 is 0. The van der Waals surface area contributed by atoms with Gasteiger partial charge in [-0.25, -0.2) is 4.79 Å². The van der Waals surface area contributed by atoms with Crippen LogP contribution in [0, 0.1) is 0 Å². The van der Waals surface area contributed by atoms with E-state index in [9.17, 15) is 4.79 Å². The predicted octanol–water partition coefficient (Wildman–Crippen LogP) is 3.38. The van der Waals surface area contributed by atoms with E-state index in [4.69, 9.17) is 15.2 Å². The van der Waals surface area contributed by atoms with Crippen molar-refractivity contribution < 1.29 is 14.3 Å². The van der Waals surface area contributed by atoms with Crippen LogP contribution in [0.3, 0.4) is 0 Å². The van der Waals surface area contributed by atoms with Gasteiger partial charge in [0.2, 0.25) is 0 Å². The van der Waals surface area contributed by atoms with Crippen molar-refractivity contribution in [3.05, 3.63) is 23.8 Å². The summed E-state index contributed by atoms with van der Waals surface area (Å²) in [5.74, 6) is 0.593. The number of methoxy groups -OCH3 is 1. The van der Waals surface area contributed by atoms with Crippen molar-refractivity contribution in [3.8, 4) is 5.75 Å². The standard InChI is InChI=1S/C16H24N2O3/c1-15(2,3)21-14(19)18-12-7-6-11(10-13(12)20-4)16(17)8-5-9-16/h6-7,10H,5,8-9,17H2,1-4H3,(H,18,19). The molecule has 0 spiro atoms. The number of nitrogens with two attached hydrogens (primary N) is 1. The molecule has 2 rings (SSSR count). The fraction of sp³-hybridized carbons (Fsp3) is 0.562. The molecule has 3 N–H and O–H groups in total. The molecule has 21 heavy (non-hydrogen) atoms. The quantitative estimate of drug-likeness (QED) is 0.895. The van der Waals surface area contributed by atoms with E-state index in [1.807, 2.05) is 39.0 Å². The van der Waals surface area contributed by atoms with Crippen LogP contribution in [0.5, 0.6) is 5.75 Å². The number of carbonyl (C=O) groups is 1. The highest BCUT2D eigenvalue weighted by Crippen LogP contribution is 2.41. The van der Waals surface area contributed by atoms with Gasteiger partial charge in [-0.1, -0.05) is 6.07 Å². The van der Waals surface area contributed by atoms with Crippen LogP contribution in [-0.4, -0.2) is 18.8 Å². The number of ether oxygens (including phenoxy) is 2. The van der Waals surface area contributed by atoms with Crippen LogP contribution in [0.4, 0.5) is 10.5 Å². The molecule has 5 heteroatoms.